The van der Waals surface area contributed by atoms with Crippen molar-refractivity contribution in [1.82, 2.24) is 0 Å². The van der Waals surface area contributed by atoms with Crippen LogP contribution in [0.2, 0.25) is 0 Å². The van der Waals surface area contributed by atoms with Crippen LogP contribution in [0.15, 0.2) is 48.5 Å². The monoisotopic (exact) mass is 461 g/mol. The van der Waals surface area contributed by atoms with E-state index in [1.165, 1.54) is 12.1 Å². The van der Waals surface area contributed by atoms with Gasteiger partial charge in [0.15, 0.2) is 11.6 Å². The summed E-state index contributed by atoms with van der Waals surface area (Å²) < 4.78 is 40.0. The second kappa shape index (κ2) is 8.79. The highest BCUT2D eigenvalue weighted by atomic mass is 19.2. The van der Waals surface area contributed by atoms with E-state index in [0.29, 0.717) is 42.1 Å². The summed E-state index contributed by atoms with van der Waals surface area (Å²) in [4.78, 5) is 11.1. The van der Waals surface area contributed by atoms with Gasteiger partial charge in [0, 0.05) is 24.0 Å². The van der Waals surface area contributed by atoms with Gasteiger partial charge in [0.05, 0.1) is 24.7 Å². The maximum absolute atomic E-state index is 14.3. The molecule has 34 heavy (non-hydrogen) atoms. The molecule has 2 unspecified atom stereocenters. The van der Waals surface area contributed by atoms with Crippen LogP contribution < -0.4 is 9.47 Å². The topological polar surface area (TPSA) is 79.5 Å². The van der Waals surface area contributed by atoms with Crippen molar-refractivity contribution < 1.29 is 28.2 Å². The second-order valence-corrected chi connectivity index (χ2v) is 8.61. The molecular weight excluding hydrogens is 440 g/mol. The maximum Gasteiger partial charge on any atom is 0.304 e. The van der Waals surface area contributed by atoms with Crippen LogP contribution >= 0.6 is 0 Å². The van der Waals surface area contributed by atoms with Gasteiger partial charge in [-0.1, -0.05) is 24.3 Å². The Morgan fingerprint density at radius 2 is 2.00 bits per heavy atom. The number of benzene rings is 3. The Morgan fingerprint density at radius 1 is 1.18 bits per heavy atom. The van der Waals surface area contributed by atoms with Gasteiger partial charge >= 0.3 is 5.97 Å². The number of nitrogens with zero attached hydrogens (tertiary/aromatic N) is 1. The Morgan fingerprint density at radius 3 is 2.79 bits per heavy atom. The normalized spacial score (nSPS) is 18.0. The van der Waals surface area contributed by atoms with Gasteiger partial charge in [0.25, 0.3) is 0 Å². The molecule has 1 aliphatic heterocycles. The van der Waals surface area contributed by atoms with Crippen molar-refractivity contribution in [2.45, 2.75) is 37.7 Å². The Kier molecular flexibility index (Phi) is 5.66. The van der Waals surface area contributed by atoms with E-state index < -0.39 is 17.6 Å². The number of nitriles is 1. The highest BCUT2D eigenvalue weighted by molar-refractivity contribution is 5.68. The lowest BCUT2D eigenvalue weighted by Crippen LogP contribution is -2.07. The van der Waals surface area contributed by atoms with Crippen molar-refractivity contribution in [1.29, 1.82) is 5.26 Å². The van der Waals surface area contributed by atoms with Crippen LogP contribution in [-0.4, -0.2) is 17.7 Å². The molecule has 2 aliphatic rings. The number of rotatable bonds is 6. The number of carbonyl (C=O) groups is 1. The molecule has 0 amide bonds. The molecule has 0 aromatic heterocycles. The predicted octanol–water partition coefficient (Wildman–Crippen LogP) is 5.44. The first-order valence-corrected chi connectivity index (χ1v) is 11.1. The number of hydrogen-bond acceptors (Lipinski definition) is 4. The van der Waals surface area contributed by atoms with E-state index in [-0.39, 0.29) is 30.4 Å². The number of hydrogen-bond donors (Lipinski definition) is 1. The van der Waals surface area contributed by atoms with Crippen LogP contribution in [0.25, 0.3) is 0 Å². The Bertz CT molecular complexity index is 1330. The van der Waals surface area contributed by atoms with E-state index in [0.717, 1.165) is 22.8 Å². The quantitative estimate of drug-likeness (QED) is 0.529. The van der Waals surface area contributed by atoms with Crippen molar-refractivity contribution in [3.8, 4) is 17.6 Å². The second-order valence-electron chi connectivity index (χ2n) is 8.61. The number of halogens is 2. The van der Waals surface area contributed by atoms with Crippen LogP contribution in [0.1, 0.15) is 58.2 Å². The minimum atomic E-state index is -0.908. The maximum atomic E-state index is 14.3. The zero-order chi connectivity index (χ0) is 23.8. The van der Waals surface area contributed by atoms with Crippen LogP contribution in [-0.2, 0) is 17.6 Å². The molecule has 0 bridgehead atoms. The van der Waals surface area contributed by atoms with Gasteiger partial charge in [-0.3, -0.25) is 4.79 Å². The minimum absolute atomic E-state index is 0.0130. The van der Waals surface area contributed by atoms with Gasteiger partial charge < -0.3 is 14.6 Å². The van der Waals surface area contributed by atoms with Gasteiger partial charge in [-0.05, 0) is 53.3 Å². The number of carboxylic acids is 1. The number of ether oxygens (including phenoxy) is 2. The average molecular weight is 461 g/mol. The molecule has 0 fully saturated rings. The van der Waals surface area contributed by atoms with Crippen LogP contribution in [0, 0.1) is 23.0 Å². The minimum Gasteiger partial charge on any atom is -0.492 e. The number of fused-ring (bicyclic) bond motifs is 2. The van der Waals surface area contributed by atoms with Crippen molar-refractivity contribution in [2.24, 2.45) is 0 Å². The summed E-state index contributed by atoms with van der Waals surface area (Å²) in [7, 11) is 0. The summed E-state index contributed by atoms with van der Waals surface area (Å²) in [5, 5.41) is 18.7. The fourth-order valence-corrected chi connectivity index (χ4v) is 4.92. The molecule has 5 nitrogen and oxygen atoms in total. The summed E-state index contributed by atoms with van der Waals surface area (Å²) >= 11 is 0. The number of aliphatic carboxylic acids is 1. The molecule has 2 atom stereocenters. The molecule has 3 aromatic rings. The Labute approximate surface area is 195 Å². The highest BCUT2D eigenvalue weighted by Crippen LogP contribution is 2.42. The van der Waals surface area contributed by atoms with Gasteiger partial charge in [0.2, 0.25) is 0 Å². The van der Waals surface area contributed by atoms with Gasteiger partial charge in [-0.2, -0.15) is 5.26 Å². The third-order valence-electron chi connectivity index (χ3n) is 6.55. The molecule has 3 aromatic carbocycles. The SMILES string of the molecule is N#Cc1ccc2c(c1Cc1cccc(F)c1F)CCC2Oc1ccc2c(c1)OCC2CC(=O)O. The first-order chi connectivity index (χ1) is 16.4. The Hall–Kier alpha value is -3.92. The van der Waals surface area contributed by atoms with Crippen LogP contribution in [0.5, 0.6) is 11.5 Å². The van der Waals surface area contributed by atoms with Crippen molar-refractivity contribution in [2.75, 3.05) is 6.61 Å². The summed E-state index contributed by atoms with van der Waals surface area (Å²) in [6.45, 7) is 0.328. The first kappa shape index (κ1) is 21.9. The molecule has 1 aliphatic carbocycles. The zero-order valence-electron chi connectivity index (χ0n) is 18.2. The molecule has 0 saturated carbocycles. The molecule has 1 N–H and O–H groups in total. The lowest BCUT2D eigenvalue weighted by atomic mass is 9.92. The van der Waals surface area contributed by atoms with Gasteiger partial charge in [-0.25, -0.2) is 8.78 Å². The molecule has 1 heterocycles. The van der Waals surface area contributed by atoms with Crippen molar-refractivity contribution in [3.63, 3.8) is 0 Å². The fourth-order valence-electron chi connectivity index (χ4n) is 4.92. The van der Waals surface area contributed by atoms with Crippen LogP contribution in [0.3, 0.4) is 0 Å². The van der Waals surface area contributed by atoms with E-state index in [2.05, 4.69) is 6.07 Å². The summed E-state index contributed by atoms with van der Waals surface area (Å²) in [5.41, 5.74) is 4.08. The third kappa shape index (κ3) is 3.96. The summed E-state index contributed by atoms with van der Waals surface area (Å²) in [6.07, 6.45) is 1.22. The molecule has 172 valence electrons. The van der Waals surface area contributed by atoms with Crippen molar-refractivity contribution >= 4 is 5.97 Å². The first-order valence-electron chi connectivity index (χ1n) is 11.1. The molecular formula is C27H21F2NO4. The molecule has 0 saturated heterocycles. The highest BCUT2D eigenvalue weighted by Gasteiger charge is 2.30. The predicted molar refractivity (Wildman–Crippen MR) is 119 cm³/mol. The van der Waals surface area contributed by atoms with E-state index >= 15 is 0 Å². The van der Waals surface area contributed by atoms with E-state index in [9.17, 15) is 18.8 Å². The largest absolute Gasteiger partial charge is 0.492 e. The van der Waals surface area contributed by atoms with Crippen LogP contribution in [0.4, 0.5) is 8.78 Å². The summed E-state index contributed by atoms with van der Waals surface area (Å²) in [6, 6.07) is 15.3. The molecule has 7 heteroatoms. The molecule has 0 radical (unpaired) electrons. The molecule has 5 rings (SSSR count). The third-order valence-corrected chi connectivity index (χ3v) is 6.55. The van der Waals surface area contributed by atoms with E-state index in [1.807, 2.05) is 18.2 Å². The average Bonchev–Trinajstić information content (AvgIpc) is 3.41. The van der Waals surface area contributed by atoms with Gasteiger partial charge in [0.1, 0.15) is 17.6 Å². The number of carboxylic acid groups (broad SMARTS) is 1. The van der Waals surface area contributed by atoms with E-state index in [4.69, 9.17) is 14.6 Å². The fraction of sp³-hybridized carbons (Fsp3) is 0.259. The smallest absolute Gasteiger partial charge is 0.304 e. The lowest BCUT2D eigenvalue weighted by Gasteiger charge is -2.17. The zero-order valence-corrected chi connectivity index (χ0v) is 18.2. The van der Waals surface area contributed by atoms with Crippen molar-refractivity contribution in [3.05, 3.63) is 93.5 Å². The summed E-state index contributed by atoms with van der Waals surface area (Å²) in [5.74, 6) is -1.61. The standard InChI is InChI=1S/C27H21F2NO4/c28-23-3-1-2-15(27(23)29)10-22-16(13-30)4-6-21-20(22)8-9-24(21)34-18-5-7-19-17(11-26(31)32)14-33-25(19)12-18/h1-7,12,17,24H,8-11,14H2,(H,31,32). The van der Waals surface area contributed by atoms with Gasteiger partial charge in [-0.15, -0.1) is 0 Å². The lowest BCUT2D eigenvalue weighted by molar-refractivity contribution is -0.137. The molecule has 0 spiro atoms. The Balaban J connectivity index is 1.41. The van der Waals surface area contributed by atoms with E-state index in [1.54, 1.807) is 12.1 Å².